The maximum absolute atomic E-state index is 11.7. The Labute approximate surface area is 94.3 Å². The lowest BCUT2D eigenvalue weighted by Gasteiger charge is -2.18. The van der Waals surface area contributed by atoms with E-state index in [1.807, 2.05) is 0 Å². The number of aromatic hydroxyl groups is 1. The number of amides is 1. The number of carbonyl (C=O) groups excluding carboxylic acids is 2. The number of rotatable bonds is 2. The smallest absolute Gasteiger partial charge is 0.237 e. The van der Waals surface area contributed by atoms with E-state index in [9.17, 15) is 14.7 Å². The molecule has 0 aliphatic carbocycles. The molecular formula is C12H14NO3. The molecule has 0 atom stereocenters. The molecule has 0 saturated carbocycles. The molecule has 1 radical (unpaired) electrons. The van der Waals surface area contributed by atoms with E-state index in [1.165, 1.54) is 12.1 Å². The predicted octanol–water partition coefficient (Wildman–Crippen LogP) is 1.83. The molecule has 4 heteroatoms. The van der Waals surface area contributed by atoms with Gasteiger partial charge in [-0.15, -0.1) is 0 Å². The van der Waals surface area contributed by atoms with Crippen molar-refractivity contribution in [3.8, 4) is 5.75 Å². The minimum absolute atomic E-state index is 0.0340. The zero-order valence-electron chi connectivity index (χ0n) is 9.50. The van der Waals surface area contributed by atoms with Crippen LogP contribution < -0.4 is 5.32 Å². The third-order valence-corrected chi connectivity index (χ3v) is 2.08. The summed E-state index contributed by atoms with van der Waals surface area (Å²) in [6, 6.07) is 4.52. The summed E-state index contributed by atoms with van der Waals surface area (Å²) in [6.45, 7) is 5.28. The van der Waals surface area contributed by atoms with Crippen molar-refractivity contribution in [2.45, 2.75) is 20.8 Å². The van der Waals surface area contributed by atoms with Gasteiger partial charge in [0, 0.05) is 5.41 Å². The second-order valence-electron chi connectivity index (χ2n) is 4.51. The van der Waals surface area contributed by atoms with Crippen molar-refractivity contribution in [3.63, 3.8) is 0 Å². The third kappa shape index (κ3) is 2.59. The normalized spacial score (nSPS) is 10.9. The van der Waals surface area contributed by atoms with Crippen molar-refractivity contribution < 1.29 is 14.7 Å². The summed E-state index contributed by atoms with van der Waals surface area (Å²) in [5.74, 6) is -0.485. The van der Waals surface area contributed by atoms with Crippen LogP contribution in [0.15, 0.2) is 18.2 Å². The van der Waals surface area contributed by atoms with Crippen LogP contribution in [0.5, 0.6) is 5.75 Å². The molecule has 0 fully saturated rings. The van der Waals surface area contributed by atoms with E-state index in [1.54, 1.807) is 33.1 Å². The molecular weight excluding hydrogens is 206 g/mol. The summed E-state index contributed by atoms with van der Waals surface area (Å²) >= 11 is 0. The summed E-state index contributed by atoms with van der Waals surface area (Å²) in [5, 5.41) is 12.2. The lowest BCUT2D eigenvalue weighted by atomic mass is 9.95. The standard InChI is InChI=1S/C12H14NO3/c1-12(2,3)11(16)13-9-6-4-5-8(7-14)10(9)15/h4-6,15H,1-3H3,(H,13,16). The van der Waals surface area contributed by atoms with Crippen LogP contribution in [0.3, 0.4) is 0 Å². The minimum atomic E-state index is -0.562. The number of nitrogens with one attached hydrogen (secondary N) is 1. The van der Waals surface area contributed by atoms with Crippen LogP contribution in [0.25, 0.3) is 0 Å². The summed E-state index contributed by atoms with van der Waals surface area (Å²) in [6.07, 6.45) is 1.60. The number of carbonyl (C=O) groups is 1. The molecule has 0 aliphatic heterocycles. The van der Waals surface area contributed by atoms with Gasteiger partial charge in [-0.1, -0.05) is 26.8 Å². The molecule has 2 N–H and O–H groups in total. The molecule has 0 bridgehead atoms. The summed E-state index contributed by atoms with van der Waals surface area (Å²) in [4.78, 5) is 22.1. The van der Waals surface area contributed by atoms with Crippen molar-refractivity contribution >= 4 is 17.9 Å². The van der Waals surface area contributed by atoms with Crippen molar-refractivity contribution in [1.82, 2.24) is 0 Å². The number of hydrogen-bond donors (Lipinski definition) is 2. The van der Waals surface area contributed by atoms with Gasteiger partial charge in [-0.25, -0.2) is 0 Å². The lowest BCUT2D eigenvalue weighted by Crippen LogP contribution is -2.27. The topological polar surface area (TPSA) is 66.4 Å². The Kier molecular flexibility index (Phi) is 3.32. The molecule has 0 unspecified atom stereocenters. The second kappa shape index (κ2) is 4.35. The van der Waals surface area contributed by atoms with Crippen molar-refractivity contribution in [1.29, 1.82) is 0 Å². The van der Waals surface area contributed by atoms with Crippen molar-refractivity contribution in [2.24, 2.45) is 5.41 Å². The number of phenols is 1. The predicted molar refractivity (Wildman–Crippen MR) is 61.0 cm³/mol. The van der Waals surface area contributed by atoms with Crippen LogP contribution in [-0.4, -0.2) is 17.3 Å². The fraction of sp³-hybridized carbons (Fsp3) is 0.333. The Hall–Kier alpha value is -1.84. The molecule has 1 rings (SSSR count). The van der Waals surface area contributed by atoms with Gasteiger partial charge in [-0.05, 0) is 12.1 Å². The highest BCUT2D eigenvalue weighted by Gasteiger charge is 2.22. The average Bonchev–Trinajstić information content (AvgIpc) is 2.19. The van der Waals surface area contributed by atoms with Gasteiger partial charge in [0.1, 0.15) is 5.75 Å². The molecule has 1 aromatic rings. The van der Waals surface area contributed by atoms with Crippen LogP contribution in [0.1, 0.15) is 26.3 Å². The zero-order valence-corrected chi connectivity index (χ0v) is 9.50. The first-order chi connectivity index (χ1) is 7.36. The second-order valence-corrected chi connectivity index (χ2v) is 4.51. The highest BCUT2D eigenvalue weighted by atomic mass is 16.3. The Balaban J connectivity index is 2.99. The lowest BCUT2D eigenvalue weighted by molar-refractivity contribution is -0.123. The first-order valence-electron chi connectivity index (χ1n) is 4.88. The monoisotopic (exact) mass is 220 g/mol. The van der Waals surface area contributed by atoms with Gasteiger partial charge in [-0.2, -0.15) is 0 Å². The van der Waals surface area contributed by atoms with Crippen LogP contribution in [-0.2, 0) is 9.59 Å². The number of phenolic OH excluding ortho intramolecular Hbond substituents is 1. The quantitative estimate of drug-likeness (QED) is 0.747. The molecule has 1 amide bonds. The van der Waals surface area contributed by atoms with E-state index in [-0.39, 0.29) is 22.9 Å². The van der Waals surface area contributed by atoms with Crippen molar-refractivity contribution in [3.05, 3.63) is 23.8 Å². The zero-order chi connectivity index (χ0) is 12.3. The molecule has 16 heavy (non-hydrogen) atoms. The maximum atomic E-state index is 11.7. The first-order valence-corrected chi connectivity index (χ1v) is 4.88. The number of hydrogen-bond acceptors (Lipinski definition) is 3. The first kappa shape index (κ1) is 12.2. The average molecular weight is 220 g/mol. The Morgan fingerprint density at radius 3 is 2.50 bits per heavy atom. The minimum Gasteiger partial charge on any atom is -0.505 e. The van der Waals surface area contributed by atoms with Gasteiger partial charge in [-0.3, -0.25) is 9.59 Å². The van der Waals surface area contributed by atoms with Gasteiger partial charge >= 0.3 is 0 Å². The highest BCUT2D eigenvalue weighted by Crippen LogP contribution is 2.27. The summed E-state index contributed by atoms with van der Waals surface area (Å²) in [5.41, 5.74) is -0.305. The number of benzene rings is 1. The number of para-hydroxylation sites is 1. The third-order valence-electron chi connectivity index (χ3n) is 2.08. The maximum Gasteiger partial charge on any atom is 0.237 e. The van der Waals surface area contributed by atoms with Gasteiger partial charge in [0.2, 0.25) is 12.2 Å². The highest BCUT2D eigenvalue weighted by molar-refractivity contribution is 5.97. The van der Waals surface area contributed by atoms with Crippen LogP contribution >= 0.6 is 0 Å². The van der Waals surface area contributed by atoms with Crippen LogP contribution in [0.4, 0.5) is 5.69 Å². The van der Waals surface area contributed by atoms with E-state index >= 15 is 0 Å². The molecule has 1 aromatic carbocycles. The molecule has 4 nitrogen and oxygen atoms in total. The van der Waals surface area contributed by atoms with E-state index in [2.05, 4.69) is 5.32 Å². The molecule has 0 spiro atoms. The van der Waals surface area contributed by atoms with E-state index in [0.717, 1.165) is 0 Å². The Bertz CT molecular complexity index is 419. The fourth-order valence-electron chi connectivity index (χ4n) is 1.04. The van der Waals surface area contributed by atoms with Gasteiger partial charge in [0.05, 0.1) is 11.3 Å². The van der Waals surface area contributed by atoms with E-state index in [4.69, 9.17) is 0 Å². The van der Waals surface area contributed by atoms with Gasteiger partial charge < -0.3 is 10.4 Å². The Morgan fingerprint density at radius 2 is 2.00 bits per heavy atom. The van der Waals surface area contributed by atoms with Gasteiger partial charge in [0.15, 0.2) is 0 Å². The SMILES string of the molecule is CC(C)(C)C(=O)Nc1cccc([C]=O)c1O. The molecule has 0 aliphatic rings. The molecule has 0 aromatic heterocycles. The molecule has 0 heterocycles. The molecule has 85 valence electrons. The van der Waals surface area contributed by atoms with Crippen LogP contribution in [0, 0.1) is 5.41 Å². The Morgan fingerprint density at radius 1 is 1.38 bits per heavy atom. The molecule has 0 saturated heterocycles. The van der Waals surface area contributed by atoms with E-state index in [0.29, 0.717) is 0 Å². The number of anilines is 1. The fourth-order valence-corrected chi connectivity index (χ4v) is 1.04. The van der Waals surface area contributed by atoms with Crippen LogP contribution in [0.2, 0.25) is 0 Å². The van der Waals surface area contributed by atoms with E-state index < -0.39 is 5.41 Å². The van der Waals surface area contributed by atoms with Gasteiger partial charge in [0.25, 0.3) is 0 Å². The van der Waals surface area contributed by atoms with Crippen molar-refractivity contribution in [2.75, 3.05) is 5.32 Å². The summed E-state index contributed by atoms with van der Waals surface area (Å²) in [7, 11) is 0. The largest absolute Gasteiger partial charge is 0.505 e. The summed E-state index contributed by atoms with van der Waals surface area (Å²) < 4.78 is 0.